The molecule has 1 rings (SSSR count). The van der Waals surface area contributed by atoms with Crippen molar-refractivity contribution in [3.8, 4) is 0 Å². The number of nitrogen functional groups attached to an aromatic ring is 1. The molecule has 0 spiro atoms. The van der Waals surface area contributed by atoms with Gasteiger partial charge in [0.05, 0.1) is 0 Å². The van der Waals surface area contributed by atoms with Crippen LogP contribution < -0.4 is 11.1 Å². The molecule has 4 nitrogen and oxygen atoms in total. The molecule has 7 heteroatoms. The van der Waals surface area contributed by atoms with E-state index in [9.17, 15) is 18.0 Å². The van der Waals surface area contributed by atoms with Gasteiger partial charge in [0, 0.05) is 11.4 Å². The number of nitrogens with two attached hydrogens (primary N) is 1. The van der Waals surface area contributed by atoms with E-state index in [4.69, 9.17) is 5.73 Å². The molecule has 0 fully saturated rings. The van der Waals surface area contributed by atoms with Crippen molar-refractivity contribution < 1.29 is 22.7 Å². The number of nitrogens with one attached hydrogen (secondary N) is 1. The van der Waals surface area contributed by atoms with Gasteiger partial charge in [-0.05, 0) is 18.2 Å². The number of hydrogen-bond donors (Lipinski definition) is 2. The monoisotopic (exact) mass is 248 g/mol. The van der Waals surface area contributed by atoms with Gasteiger partial charge >= 0.3 is 6.18 Å². The molecule has 1 amide bonds. The lowest BCUT2D eigenvalue weighted by Gasteiger charge is -2.08. The largest absolute Gasteiger partial charge is 0.411 e. The number of hydrogen-bond acceptors (Lipinski definition) is 3. The van der Waals surface area contributed by atoms with Crippen LogP contribution in [0.5, 0.6) is 0 Å². The summed E-state index contributed by atoms with van der Waals surface area (Å²) < 4.78 is 39.3. The first-order chi connectivity index (χ1) is 7.87. The molecule has 0 atom stereocenters. The lowest BCUT2D eigenvalue weighted by Crippen LogP contribution is -2.23. The first-order valence-electron chi connectivity index (χ1n) is 4.67. The number of ether oxygens (including phenoxy) is 1. The molecule has 0 aliphatic heterocycles. The van der Waals surface area contributed by atoms with E-state index in [-0.39, 0.29) is 0 Å². The number of anilines is 2. The number of alkyl halides is 3. The average molecular weight is 248 g/mol. The van der Waals surface area contributed by atoms with Crippen LogP contribution in [0.3, 0.4) is 0 Å². The number of rotatable bonds is 4. The summed E-state index contributed by atoms with van der Waals surface area (Å²) in [5.41, 5.74) is 6.31. The van der Waals surface area contributed by atoms with E-state index in [0.29, 0.717) is 11.4 Å². The first-order valence-corrected chi connectivity index (χ1v) is 4.67. The second-order valence-corrected chi connectivity index (χ2v) is 3.28. The van der Waals surface area contributed by atoms with Crippen LogP contribution in [0.4, 0.5) is 24.5 Å². The van der Waals surface area contributed by atoms with Crippen molar-refractivity contribution in [2.45, 2.75) is 6.18 Å². The molecular weight excluding hydrogens is 237 g/mol. The SMILES string of the molecule is Nc1cccc(NC(=O)COCC(F)(F)F)c1. The number of carbonyl (C=O) groups is 1. The summed E-state index contributed by atoms with van der Waals surface area (Å²) in [7, 11) is 0. The smallest absolute Gasteiger partial charge is 0.399 e. The molecule has 0 aromatic heterocycles. The molecule has 17 heavy (non-hydrogen) atoms. The van der Waals surface area contributed by atoms with Crippen LogP contribution in [0.2, 0.25) is 0 Å². The van der Waals surface area contributed by atoms with Crippen LogP contribution in [0.25, 0.3) is 0 Å². The van der Waals surface area contributed by atoms with Crippen LogP contribution in [0, 0.1) is 0 Å². The van der Waals surface area contributed by atoms with Gasteiger partial charge in [0.1, 0.15) is 13.2 Å². The number of carbonyl (C=O) groups excluding carboxylic acids is 1. The lowest BCUT2D eigenvalue weighted by molar-refractivity contribution is -0.174. The third kappa shape index (κ3) is 5.76. The Morgan fingerprint density at radius 1 is 1.41 bits per heavy atom. The molecular formula is C10H11F3N2O2. The molecule has 1 aromatic carbocycles. The maximum absolute atomic E-state index is 11.7. The molecule has 0 unspecified atom stereocenters. The molecule has 0 heterocycles. The summed E-state index contributed by atoms with van der Waals surface area (Å²) in [4.78, 5) is 11.2. The Bertz CT molecular complexity index is 393. The van der Waals surface area contributed by atoms with Gasteiger partial charge in [-0.3, -0.25) is 4.79 Å². The molecule has 0 aliphatic carbocycles. The summed E-state index contributed by atoms with van der Waals surface area (Å²) in [6.45, 7) is -2.11. The van der Waals surface area contributed by atoms with E-state index in [0.717, 1.165) is 0 Å². The van der Waals surface area contributed by atoms with Gasteiger partial charge in [0.15, 0.2) is 0 Å². The summed E-state index contributed by atoms with van der Waals surface area (Å²) in [6.07, 6.45) is -4.43. The highest BCUT2D eigenvalue weighted by Crippen LogP contribution is 2.14. The highest BCUT2D eigenvalue weighted by Gasteiger charge is 2.27. The van der Waals surface area contributed by atoms with Crippen molar-refractivity contribution in [1.29, 1.82) is 0 Å². The normalized spacial score (nSPS) is 11.2. The van der Waals surface area contributed by atoms with E-state index >= 15 is 0 Å². The second kappa shape index (κ2) is 5.53. The highest BCUT2D eigenvalue weighted by atomic mass is 19.4. The minimum atomic E-state index is -4.43. The van der Waals surface area contributed by atoms with E-state index in [1.165, 1.54) is 6.07 Å². The van der Waals surface area contributed by atoms with Crippen molar-refractivity contribution in [3.63, 3.8) is 0 Å². The zero-order chi connectivity index (χ0) is 12.9. The minimum Gasteiger partial charge on any atom is -0.399 e. The molecule has 1 aromatic rings. The Morgan fingerprint density at radius 3 is 2.71 bits per heavy atom. The molecule has 0 saturated heterocycles. The maximum atomic E-state index is 11.7. The first kappa shape index (κ1) is 13.3. The van der Waals surface area contributed by atoms with Gasteiger partial charge in [0.25, 0.3) is 0 Å². The zero-order valence-corrected chi connectivity index (χ0v) is 8.75. The van der Waals surface area contributed by atoms with Gasteiger partial charge in [0.2, 0.25) is 5.91 Å². The Labute approximate surface area is 95.6 Å². The van der Waals surface area contributed by atoms with Gasteiger partial charge < -0.3 is 15.8 Å². The Morgan fingerprint density at radius 2 is 2.12 bits per heavy atom. The van der Waals surface area contributed by atoms with Crippen molar-refractivity contribution in [3.05, 3.63) is 24.3 Å². The van der Waals surface area contributed by atoms with Gasteiger partial charge in [-0.2, -0.15) is 13.2 Å². The van der Waals surface area contributed by atoms with E-state index < -0.39 is 25.3 Å². The molecule has 0 aliphatic rings. The fraction of sp³-hybridized carbons (Fsp3) is 0.300. The zero-order valence-electron chi connectivity index (χ0n) is 8.75. The topological polar surface area (TPSA) is 64.3 Å². The van der Waals surface area contributed by atoms with Crippen molar-refractivity contribution >= 4 is 17.3 Å². The van der Waals surface area contributed by atoms with Crippen molar-refractivity contribution in [2.24, 2.45) is 0 Å². The minimum absolute atomic E-state index is 0.408. The average Bonchev–Trinajstić information content (AvgIpc) is 2.15. The van der Waals surface area contributed by atoms with Crippen LogP contribution in [0.1, 0.15) is 0 Å². The Balaban J connectivity index is 2.35. The quantitative estimate of drug-likeness (QED) is 0.798. The fourth-order valence-electron chi connectivity index (χ4n) is 1.07. The van der Waals surface area contributed by atoms with Crippen LogP contribution >= 0.6 is 0 Å². The Kier molecular flexibility index (Phi) is 4.33. The number of amides is 1. The lowest BCUT2D eigenvalue weighted by atomic mass is 10.3. The second-order valence-electron chi connectivity index (χ2n) is 3.28. The fourth-order valence-corrected chi connectivity index (χ4v) is 1.07. The van der Waals surface area contributed by atoms with Crippen molar-refractivity contribution in [1.82, 2.24) is 0 Å². The van der Waals surface area contributed by atoms with Crippen LogP contribution in [-0.2, 0) is 9.53 Å². The number of halogens is 3. The Hall–Kier alpha value is -1.76. The summed E-state index contributed by atoms with van der Waals surface area (Å²) in [5.74, 6) is -0.667. The molecule has 0 saturated carbocycles. The van der Waals surface area contributed by atoms with E-state index in [1.807, 2.05) is 0 Å². The predicted octanol–water partition coefficient (Wildman–Crippen LogP) is 1.79. The van der Waals surface area contributed by atoms with Gasteiger partial charge in [-0.15, -0.1) is 0 Å². The van der Waals surface area contributed by atoms with E-state index in [2.05, 4.69) is 10.1 Å². The molecule has 0 bridgehead atoms. The number of benzene rings is 1. The summed E-state index contributed by atoms with van der Waals surface area (Å²) in [5, 5.41) is 2.36. The third-order valence-electron chi connectivity index (χ3n) is 1.67. The summed E-state index contributed by atoms with van der Waals surface area (Å²) in [6, 6.07) is 6.29. The van der Waals surface area contributed by atoms with Crippen LogP contribution in [-0.4, -0.2) is 25.3 Å². The standard InChI is InChI=1S/C10H11F3N2O2/c11-10(12,13)6-17-5-9(16)15-8-3-1-2-7(14)4-8/h1-4H,5-6,14H2,(H,15,16). The third-order valence-corrected chi connectivity index (χ3v) is 1.67. The molecule has 3 N–H and O–H groups in total. The molecule has 94 valence electrons. The van der Waals surface area contributed by atoms with E-state index in [1.54, 1.807) is 18.2 Å². The van der Waals surface area contributed by atoms with Gasteiger partial charge in [-0.1, -0.05) is 6.07 Å². The maximum Gasteiger partial charge on any atom is 0.411 e. The molecule has 0 radical (unpaired) electrons. The van der Waals surface area contributed by atoms with Crippen molar-refractivity contribution in [2.75, 3.05) is 24.3 Å². The summed E-state index contributed by atoms with van der Waals surface area (Å²) >= 11 is 0. The predicted molar refractivity (Wildman–Crippen MR) is 56.4 cm³/mol. The van der Waals surface area contributed by atoms with Crippen LogP contribution in [0.15, 0.2) is 24.3 Å². The van der Waals surface area contributed by atoms with Gasteiger partial charge in [-0.25, -0.2) is 0 Å². The highest BCUT2D eigenvalue weighted by molar-refractivity contribution is 5.92.